The number of anilines is 1. The zero-order valence-electron chi connectivity index (χ0n) is 10.4. The summed E-state index contributed by atoms with van der Waals surface area (Å²) in [5, 5.41) is 9.88. The molecule has 8 heteroatoms. The largest absolute Gasteiger partial charge is 0.398 e. The fraction of sp³-hybridized carbons (Fsp3) is 0.182. The molecule has 0 spiro atoms. The van der Waals surface area contributed by atoms with Crippen LogP contribution in [0.15, 0.2) is 23.1 Å². The molecular weight excluding hydrogens is 288 g/mol. The Morgan fingerprint density at radius 1 is 1.32 bits per heavy atom. The molecule has 0 radical (unpaired) electrons. The third-order valence-electron chi connectivity index (χ3n) is 2.75. The van der Waals surface area contributed by atoms with E-state index < -0.39 is 10.0 Å². The van der Waals surface area contributed by atoms with Crippen LogP contribution in [0.1, 0.15) is 11.4 Å². The number of nitrogens with two attached hydrogens (primary N) is 2. The lowest BCUT2D eigenvalue weighted by molar-refractivity contribution is 0.598. The number of aryl methyl sites for hydroxylation is 1. The first-order chi connectivity index (χ1) is 8.71. The molecule has 4 N–H and O–H groups in total. The Kier molecular flexibility index (Phi) is 3.29. The molecule has 19 heavy (non-hydrogen) atoms. The number of sulfonamides is 1. The predicted octanol–water partition coefficient (Wildman–Crippen LogP) is 1.37. The van der Waals surface area contributed by atoms with Crippen LogP contribution in [0.2, 0.25) is 5.02 Å². The van der Waals surface area contributed by atoms with Gasteiger partial charge in [-0.05, 0) is 32.0 Å². The van der Waals surface area contributed by atoms with Crippen molar-refractivity contribution in [3.05, 3.63) is 34.6 Å². The zero-order chi connectivity index (χ0) is 14.4. The van der Waals surface area contributed by atoms with Gasteiger partial charge < -0.3 is 5.73 Å². The number of benzene rings is 1. The molecule has 0 bridgehead atoms. The number of primary sulfonamides is 1. The van der Waals surface area contributed by atoms with Crippen molar-refractivity contribution in [3.63, 3.8) is 0 Å². The number of nitrogens with zero attached hydrogens (tertiary/aromatic N) is 2. The second-order valence-electron chi connectivity index (χ2n) is 4.16. The van der Waals surface area contributed by atoms with E-state index in [9.17, 15) is 8.42 Å². The van der Waals surface area contributed by atoms with Crippen molar-refractivity contribution in [2.75, 3.05) is 5.73 Å². The minimum atomic E-state index is -3.83. The highest BCUT2D eigenvalue weighted by atomic mass is 35.5. The van der Waals surface area contributed by atoms with Gasteiger partial charge in [0.1, 0.15) is 4.90 Å². The van der Waals surface area contributed by atoms with E-state index in [0.29, 0.717) is 16.4 Å². The number of nitrogen functional groups attached to an aromatic ring is 1. The van der Waals surface area contributed by atoms with Gasteiger partial charge >= 0.3 is 0 Å². The second kappa shape index (κ2) is 4.52. The van der Waals surface area contributed by atoms with Gasteiger partial charge in [0, 0.05) is 0 Å². The van der Waals surface area contributed by atoms with Gasteiger partial charge in [-0.15, -0.1) is 0 Å². The quantitative estimate of drug-likeness (QED) is 0.817. The molecule has 0 fully saturated rings. The van der Waals surface area contributed by atoms with Crippen molar-refractivity contribution in [2.24, 2.45) is 5.14 Å². The van der Waals surface area contributed by atoms with E-state index in [4.69, 9.17) is 22.5 Å². The minimum Gasteiger partial charge on any atom is -0.398 e. The van der Waals surface area contributed by atoms with Gasteiger partial charge in [-0.25, -0.2) is 18.2 Å². The van der Waals surface area contributed by atoms with Crippen LogP contribution in [0.5, 0.6) is 0 Å². The van der Waals surface area contributed by atoms with Gasteiger partial charge in [-0.3, -0.25) is 0 Å². The molecule has 0 unspecified atom stereocenters. The van der Waals surface area contributed by atoms with Gasteiger partial charge in [0.25, 0.3) is 0 Å². The van der Waals surface area contributed by atoms with Crippen molar-refractivity contribution >= 4 is 27.3 Å². The summed E-state index contributed by atoms with van der Waals surface area (Å²) < 4.78 is 24.2. The average molecular weight is 301 g/mol. The molecule has 0 aliphatic carbocycles. The fourth-order valence-corrected chi connectivity index (χ4v) is 2.56. The van der Waals surface area contributed by atoms with Gasteiger partial charge in [0.15, 0.2) is 0 Å². The molecule has 0 atom stereocenters. The monoisotopic (exact) mass is 300 g/mol. The van der Waals surface area contributed by atoms with Gasteiger partial charge in [-0.1, -0.05) is 11.6 Å². The van der Waals surface area contributed by atoms with Crippen LogP contribution >= 0.6 is 11.6 Å². The normalized spacial score (nSPS) is 11.8. The molecule has 102 valence electrons. The number of hydrogen-bond acceptors (Lipinski definition) is 4. The van der Waals surface area contributed by atoms with Crippen molar-refractivity contribution in [2.45, 2.75) is 18.7 Å². The molecule has 0 aliphatic heterocycles. The predicted molar refractivity (Wildman–Crippen MR) is 73.8 cm³/mol. The second-order valence-corrected chi connectivity index (χ2v) is 6.07. The highest BCUT2D eigenvalue weighted by molar-refractivity contribution is 7.89. The third-order valence-corrected chi connectivity index (χ3v) is 4.28. The van der Waals surface area contributed by atoms with Crippen LogP contribution in [0, 0.1) is 13.8 Å². The third kappa shape index (κ3) is 2.44. The topological polar surface area (TPSA) is 104 Å². The molecule has 2 aromatic rings. The van der Waals surface area contributed by atoms with E-state index in [-0.39, 0.29) is 10.6 Å². The van der Waals surface area contributed by atoms with Crippen LogP contribution in [-0.4, -0.2) is 18.2 Å². The molecule has 1 aromatic carbocycles. The number of aromatic nitrogens is 2. The average Bonchev–Trinajstić information content (AvgIpc) is 2.55. The summed E-state index contributed by atoms with van der Waals surface area (Å²) in [6.45, 7) is 3.60. The Morgan fingerprint density at radius 2 is 1.95 bits per heavy atom. The molecule has 0 saturated heterocycles. The Balaban J connectivity index is 2.60. The highest BCUT2D eigenvalue weighted by Crippen LogP contribution is 2.25. The summed E-state index contributed by atoms with van der Waals surface area (Å²) >= 11 is 6.06. The van der Waals surface area contributed by atoms with Crippen molar-refractivity contribution < 1.29 is 8.42 Å². The maximum absolute atomic E-state index is 11.3. The van der Waals surface area contributed by atoms with Crippen LogP contribution in [0.4, 0.5) is 5.69 Å². The lowest BCUT2D eigenvalue weighted by atomic mass is 10.3. The summed E-state index contributed by atoms with van der Waals surface area (Å²) in [6, 6.07) is 4.42. The Hall–Kier alpha value is -1.57. The summed E-state index contributed by atoms with van der Waals surface area (Å²) in [6.07, 6.45) is 0. The van der Waals surface area contributed by atoms with Gasteiger partial charge in [0.05, 0.1) is 27.8 Å². The molecule has 1 heterocycles. The molecule has 0 amide bonds. The lowest BCUT2D eigenvalue weighted by Gasteiger charge is -2.08. The van der Waals surface area contributed by atoms with Crippen LogP contribution in [-0.2, 0) is 10.0 Å². The Labute approximate surface area is 116 Å². The van der Waals surface area contributed by atoms with E-state index in [0.717, 1.165) is 5.69 Å². The van der Waals surface area contributed by atoms with E-state index >= 15 is 0 Å². The van der Waals surface area contributed by atoms with Gasteiger partial charge in [0.2, 0.25) is 10.0 Å². The molecule has 6 nitrogen and oxygen atoms in total. The molecule has 2 rings (SSSR count). The van der Waals surface area contributed by atoms with E-state index in [2.05, 4.69) is 5.10 Å². The van der Waals surface area contributed by atoms with Crippen LogP contribution in [0.25, 0.3) is 5.69 Å². The smallest absolute Gasteiger partial charge is 0.240 e. The standard InChI is InChI=1S/C11H13ClN4O2S/c1-6-11(12)7(2)16(15-6)8-3-4-10(9(13)5-8)19(14,17)18/h3-5H,13H2,1-2H3,(H2,14,17,18). The fourth-order valence-electron chi connectivity index (χ4n) is 1.80. The first kappa shape index (κ1) is 13.9. The first-order valence-corrected chi connectivity index (χ1v) is 7.28. The summed E-state index contributed by atoms with van der Waals surface area (Å²) in [7, 11) is -3.83. The maximum Gasteiger partial charge on any atom is 0.240 e. The lowest BCUT2D eigenvalue weighted by Crippen LogP contribution is -2.14. The minimum absolute atomic E-state index is 0.0728. The maximum atomic E-state index is 11.3. The van der Waals surface area contributed by atoms with Crippen molar-refractivity contribution in [1.82, 2.24) is 9.78 Å². The van der Waals surface area contributed by atoms with Crippen LogP contribution in [0.3, 0.4) is 0 Å². The summed E-state index contributed by atoms with van der Waals surface area (Å²) in [5.74, 6) is 0. The molecular formula is C11H13ClN4O2S. The number of halogens is 1. The Morgan fingerprint density at radius 3 is 2.37 bits per heavy atom. The van der Waals surface area contributed by atoms with E-state index in [1.165, 1.54) is 12.1 Å². The van der Waals surface area contributed by atoms with Crippen molar-refractivity contribution in [3.8, 4) is 5.69 Å². The first-order valence-electron chi connectivity index (χ1n) is 5.36. The summed E-state index contributed by atoms with van der Waals surface area (Å²) in [5.41, 5.74) is 7.84. The Bertz CT molecular complexity index is 752. The van der Waals surface area contributed by atoms with Gasteiger partial charge in [-0.2, -0.15) is 5.10 Å². The zero-order valence-corrected chi connectivity index (χ0v) is 12.0. The molecule has 0 saturated carbocycles. The van der Waals surface area contributed by atoms with Crippen LogP contribution < -0.4 is 10.9 Å². The molecule has 0 aliphatic rings. The SMILES string of the molecule is Cc1nn(-c2ccc(S(N)(=O)=O)c(N)c2)c(C)c1Cl. The highest BCUT2D eigenvalue weighted by Gasteiger charge is 2.15. The van der Waals surface area contributed by atoms with E-state index in [1.807, 2.05) is 6.92 Å². The molecule has 1 aromatic heterocycles. The van der Waals surface area contributed by atoms with E-state index in [1.54, 1.807) is 17.7 Å². The summed E-state index contributed by atoms with van der Waals surface area (Å²) in [4.78, 5) is -0.108. The number of hydrogen-bond donors (Lipinski definition) is 2. The van der Waals surface area contributed by atoms with Crippen molar-refractivity contribution in [1.29, 1.82) is 0 Å². The number of rotatable bonds is 2.